The normalized spacial score (nSPS) is 10.0. The molecule has 1 N–H and O–H groups in total. The molecule has 76 valence electrons. The highest BCUT2D eigenvalue weighted by Crippen LogP contribution is 2.18. The Bertz CT molecular complexity index is 365. The van der Waals surface area contributed by atoms with Crippen molar-refractivity contribution < 1.29 is 13.2 Å². The van der Waals surface area contributed by atoms with Crippen molar-refractivity contribution in [3.05, 3.63) is 40.6 Å². The summed E-state index contributed by atoms with van der Waals surface area (Å²) in [5.41, 5.74) is -0.0931. The van der Waals surface area contributed by atoms with Crippen LogP contribution in [-0.2, 0) is 0 Å². The summed E-state index contributed by atoms with van der Waals surface area (Å²) in [6, 6.07) is 1.26. The quantitative estimate of drug-likeness (QED) is 0.826. The maximum Gasteiger partial charge on any atom is 0.161 e. The first-order chi connectivity index (χ1) is 6.50. The van der Waals surface area contributed by atoms with Crippen LogP contribution in [0, 0.1) is 17.5 Å². The fourth-order valence-electron chi connectivity index (χ4n) is 0.849. The molecule has 1 aromatic rings. The molecule has 0 aliphatic carbocycles. The predicted octanol–water partition coefficient (Wildman–Crippen LogP) is 3.42. The molecule has 0 amide bonds. The largest absolute Gasteiger partial charge is 0.378 e. The highest BCUT2D eigenvalue weighted by Gasteiger charge is 2.08. The molecule has 0 atom stereocenters. The molecular weight excluding hydrogens is 259 g/mol. The Morgan fingerprint density at radius 1 is 1.21 bits per heavy atom. The van der Waals surface area contributed by atoms with Crippen molar-refractivity contribution in [2.45, 2.75) is 0 Å². The zero-order valence-corrected chi connectivity index (χ0v) is 8.67. The topological polar surface area (TPSA) is 12.0 Å². The first kappa shape index (κ1) is 11.1. The number of nitrogens with one attached hydrogen (secondary N) is 1. The molecule has 1 aromatic carbocycles. The van der Waals surface area contributed by atoms with Crippen molar-refractivity contribution in [1.29, 1.82) is 0 Å². The third kappa shape index (κ3) is 2.77. The lowest BCUT2D eigenvalue weighted by Crippen LogP contribution is -2.04. The Hall–Kier alpha value is -0.970. The second-order valence-electron chi connectivity index (χ2n) is 2.62. The molecular formula is C9H7BrF3N. The summed E-state index contributed by atoms with van der Waals surface area (Å²) in [7, 11) is 0. The van der Waals surface area contributed by atoms with E-state index in [1.807, 2.05) is 0 Å². The van der Waals surface area contributed by atoms with Gasteiger partial charge in [0.1, 0.15) is 5.82 Å². The Labute approximate surface area is 87.8 Å². The van der Waals surface area contributed by atoms with E-state index in [-0.39, 0.29) is 12.2 Å². The summed E-state index contributed by atoms with van der Waals surface area (Å²) < 4.78 is 38.7. The van der Waals surface area contributed by atoms with Crippen molar-refractivity contribution in [2.75, 3.05) is 11.9 Å². The lowest BCUT2D eigenvalue weighted by Gasteiger charge is -2.06. The van der Waals surface area contributed by atoms with E-state index in [2.05, 4.69) is 27.8 Å². The molecule has 0 saturated carbocycles. The van der Waals surface area contributed by atoms with Crippen molar-refractivity contribution in [3.63, 3.8) is 0 Å². The van der Waals surface area contributed by atoms with Gasteiger partial charge in [0.05, 0.1) is 5.69 Å². The summed E-state index contributed by atoms with van der Waals surface area (Å²) in [4.78, 5) is 0. The van der Waals surface area contributed by atoms with Crippen LogP contribution in [0.4, 0.5) is 18.9 Å². The SMILES string of the molecule is C=C(Br)CNc1cc(F)c(F)cc1F. The summed E-state index contributed by atoms with van der Waals surface area (Å²) in [6.45, 7) is 3.74. The van der Waals surface area contributed by atoms with Gasteiger partial charge in [0.2, 0.25) is 0 Å². The van der Waals surface area contributed by atoms with Gasteiger partial charge in [0, 0.05) is 23.2 Å². The predicted molar refractivity (Wildman–Crippen MR) is 52.9 cm³/mol. The molecule has 0 aromatic heterocycles. The molecule has 0 bridgehead atoms. The van der Waals surface area contributed by atoms with Gasteiger partial charge in [-0.2, -0.15) is 0 Å². The molecule has 5 heteroatoms. The average molecular weight is 266 g/mol. The first-order valence-corrected chi connectivity index (χ1v) is 4.51. The summed E-state index contributed by atoms with van der Waals surface area (Å²) in [5.74, 6) is -3.13. The molecule has 0 spiro atoms. The number of hydrogen-bond acceptors (Lipinski definition) is 1. The van der Waals surface area contributed by atoms with Crippen molar-refractivity contribution in [2.24, 2.45) is 0 Å². The summed E-state index contributed by atoms with van der Waals surface area (Å²) >= 11 is 3.04. The van der Waals surface area contributed by atoms with E-state index in [1.165, 1.54) is 0 Å². The number of halogens is 4. The Morgan fingerprint density at radius 3 is 2.36 bits per heavy atom. The molecule has 0 heterocycles. The molecule has 0 fully saturated rings. The number of anilines is 1. The van der Waals surface area contributed by atoms with E-state index in [4.69, 9.17) is 0 Å². The van der Waals surface area contributed by atoms with Gasteiger partial charge < -0.3 is 5.32 Å². The molecule has 0 aliphatic rings. The molecule has 0 aliphatic heterocycles. The number of benzene rings is 1. The van der Waals surface area contributed by atoms with Crippen LogP contribution >= 0.6 is 15.9 Å². The maximum absolute atomic E-state index is 13.0. The van der Waals surface area contributed by atoms with Gasteiger partial charge in [-0.3, -0.25) is 0 Å². The molecule has 14 heavy (non-hydrogen) atoms. The van der Waals surface area contributed by atoms with E-state index in [9.17, 15) is 13.2 Å². The van der Waals surface area contributed by atoms with Gasteiger partial charge in [-0.25, -0.2) is 13.2 Å². The van der Waals surface area contributed by atoms with Crippen LogP contribution in [0.25, 0.3) is 0 Å². The van der Waals surface area contributed by atoms with Crippen LogP contribution in [0.5, 0.6) is 0 Å². The maximum atomic E-state index is 13.0. The second kappa shape index (κ2) is 4.50. The minimum Gasteiger partial charge on any atom is -0.378 e. The zero-order valence-electron chi connectivity index (χ0n) is 7.08. The number of hydrogen-bond donors (Lipinski definition) is 1. The van der Waals surface area contributed by atoms with E-state index < -0.39 is 17.5 Å². The molecule has 0 radical (unpaired) electrons. The van der Waals surface area contributed by atoms with E-state index >= 15 is 0 Å². The van der Waals surface area contributed by atoms with Crippen molar-refractivity contribution in [3.8, 4) is 0 Å². The van der Waals surface area contributed by atoms with Crippen LogP contribution < -0.4 is 5.32 Å². The Balaban J connectivity index is 2.87. The summed E-state index contributed by atoms with van der Waals surface area (Å²) in [6.07, 6.45) is 0. The third-order valence-electron chi connectivity index (χ3n) is 1.48. The second-order valence-corrected chi connectivity index (χ2v) is 3.74. The molecule has 1 rings (SSSR count). The van der Waals surface area contributed by atoms with Gasteiger partial charge >= 0.3 is 0 Å². The van der Waals surface area contributed by atoms with Gasteiger partial charge in [-0.05, 0) is 0 Å². The average Bonchev–Trinajstić information content (AvgIpc) is 2.09. The fraction of sp³-hybridized carbons (Fsp3) is 0.111. The van der Waals surface area contributed by atoms with Gasteiger partial charge in [0.25, 0.3) is 0 Å². The van der Waals surface area contributed by atoms with Crippen LogP contribution in [0.1, 0.15) is 0 Å². The van der Waals surface area contributed by atoms with Crippen LogP contribution in [0.3, 0.4) is 0 Å². The van der Waals surface area contributed by atoms with E-state index in [0.29, 0.717) is 10.5 Å². The minimum atomic E-state index is -1.20. The highest BCUT2D eigenvalue weighted by molar-refractivity contribution is 9.11. The van der Waals surface area contributed by atoms with Crippen molar-refractivity contribution in [1.82, 2.24) is 0 Å². The third-order valence-corrected chi connectivity index (χ3v) is 1.76. The molecule has 0 saturated heterocycles. The van der Waals surface area contributed by atoms with Gasteiger partial charge in [0.15, 0.2) is 11.6 Å². The van der Waals surface area contributed by atoms with Crippen LogP contribution in [0.2, 0.25) is 0 Å². The van der Waals surface area contributed by atoms with E-state index in [1.54, 1.807) is 0 Å². The van der Waals surface area contributed by atoms with Gasteiger partial charge in [-0.15, -0.1) is 0 Å². The standard InChI is InChI=1S/C9H7BrF3N/c1-5(10)4-14-9-3-7(12)6(11)2-8(9)13/h2-3,14H,1,4H2. The lowest BCUT2D eigenvalue weighted by molar-refractivity contribution is 0.496. The fourth-order valence-corrected chi connectivity index (χ4v) is 0.989. The Kier molecular flexibility index (Phi) is 3.57. The molecule has 1 nitrogen and oxygen atoms in total. The Morgan fingerprint density at radius 2 is 1.79 bits per heavy atom. The van der Waals surface area contributed by atoms with Crippen molar-refractivity contribution >= 4 is 21.6 Å². The monoisotopic (exact) mass is 265 g/mol. The smallest absolute Gasteiger partial charge is 0.161 e. The first-order valence-electron chi connectivity index (χ1n) is 3.72. The van der Waals surface area contributed by atoms with Gasteiger partial charge in [-0.1, -0.05) is 22.5 Å². The van der Waals surface area contributed by atoms with E-state index in [0.717, 1.165) is 6.07 Å². The van der Waals surface area contributed by atoms with Crippen LogP contribution in [-0.4, -0.2) is 6.54 Å². The highest BCUT2D eigenvalue weighted by atomic mass is 79.9. The summed E-state index contributed by atoms with van der Waals surface area (Å²) in [5, 5.41) is 2.55. The number of rotatable bonds is 3. The lowest BCUT2D eigenvalue weighted by atomic mass is 10.3. The minimum absolute atomic E-state index is 0.0931. The molecule has 0 unspecified atom stereocenters. The zero-order chi connectivity index (χ0) is 10.7. The van der Waals surface area contributed by atoms with Crippen LogP contribution in [0.15, 0.2) is 23.2 Å².